The van der Waals surface area contributed by atoms with Crippen molar-refractivity contribution >= 4 is 25.3 Å². The lowest BCUT2D eigenvalue weighted by molar-refractivity contribution is 0.0780. The molecule has 3 aromatic rings. The maximum atomic E-state index is 9.71. The van der Waals surface area contributed by atoms with Gasteiger partial charge in [0.1, 0.15) is 6.73 Å². The molecule has 3 aromatic heterocycles. The maximum absolute atomic E-state index is 9.71. The molecule has 1 aliphatic carbocycles. The van der Waals surface area contributed by atoms with Crippen molar-refractivity contribution in [3.63, 3.8) is 0 Å². The molecule has 0 aromatic carbocycles. The van der Waals surface area contributed by atoms with Crippen molar-refractivity contribution in [2.45, 2.75) is 57.1 Å². The Balaban J connectivity index is 1.64. The van der Waals surface area contributed by atoms with Gasteiger partial charge >= 0.3 is 0 Å². The molecule has 29 heavy (non-hydrogen) atoms. The maximum Gasteiger partial charge on any atom is 0.156 e. The molecule has 0 aliphatic heterocycles. The molecule has 9 heteroatoms. The van der Waals surface area contributed by atoms with E-state index in [2.05, 4.69) is 42.7 Å². The van der Waals surface area contributed by atoms with Crippen LogP contribution in [0.15, 0.2) is 24.5 Å². The van der Waals surface area contributed by atoms with E-state index in [0.717, 1.165) is 29.6 Å². The van der Waals surface area contributed by atoms with Crippen LogP contribution in [0.2, 0.25) is 30.8 Å². The molecule has 0 N–H and O–H groups in total. The number of ether oxygens (including phenoxy) is 1. The fraction of sp³-hybridized carbons (Fsp3) is 0.500. The van der Waals surface area contributed by atoms with Crippen molar-refractivity contribution in [1.29, 1.82) is 5.26 Å². The first-order chi connectivity index (χ1) is 13.7. The van der Waals surface area contributed by atoms with E-state index in [1.54, 1.807) is 16.8 Å². The number of hydrogen-bond acceptors (Lipinski definition) is 5. The van der Waals surface area contributed by atoms with E-state index in [1.807, 2.05) is 16.9 Å². The van der Waals surface area contributed by atoms with Gasteiger partial charge in [-0.2, -0.15) is 15.5 Å². The Morgan fingerprint density at radius 3 is 2.90 bits per heavy atom. The van der Waals surface area contributed by atoms with E-state index in [0.29, 0.717) is 24.0 Å². The predicted octanol–water partition coefficient (Wildman–Crippen LogP) is 4.21. The summed E-state index contributed by atoms with van der Waals surface area (Å²) in [5.74, 6) is -0.256. The summed E-state index contributed by atoms with van der Waals surface area (Å²) in [6, 6.07) is 7.27. The Morgan fingerprint density at radius 2 is 2.17 bits per heavy atom. The second-order valence-electron chi connectivity index (χ2n) is 9.11. The van der Waals surface area contributed by atoms with Crippen molar-refractivity contribution in [1.82, 2.24) is 24.4 Å². The van der Waals surface area contributed by atoms with Crippen LogP contribution < -0.4 is 0 Å². The monoisotopic (exact) mass is 428 g/mol. The molecule has 2 unspecified atom stereocenters. The fourth-order valence-electron chi connectivity index (χ4n) is 3.95. The van der Waals surface area contributed by atoms with E-state index >= 15 is 0 Å². The zero-order chi connectivity index (χ0) is 20.8. The summed E-state index contributed by atoms with van der Waals surface area (Å²) < 4.78 is 9.41. The highest BCUT2D eigenvalue weighted by Gasteiger charge is 2.46. The Labute approximate surface area is 176 Å². The van der Waals surface area contributed by atoms with Gasteiger partial charge in [-0.1, -0.05) is 31.2 Å². The number of halogens is 1. The molecule has 0 amide bonds. The van der Waals surface area contributed by atoms with Gasteiger partial charge in [0, 0.05) is 38.7 Å². The minimum absolute atomic E-state index is 0.256. The van der Waals surface area contributed by atoms with E-state index < -0.39 is 13.5 Å². The highest BCUT2D eigenvalue weighted by Crippen LogP contribution is 2.48. The van der Waals surface area contributed by atoms with Crippen LogP contribution in [0.5, 0.6) is 0 Å². The third-order valence-electron chi connectivity index (χ3n) is 5.57. The molecule has 0 saturated carbocycles. The molecule has 0 radical (unpaired) electrons. The first-order valence-corrected chi connectivity index (χ1v) is 13.9. The van der Waals surface area contributed by atoms with Crippen LogP contribution in [0, 0.1) is 11.3 Å². The first kappa shape index (κ1) is 20.1. The molecule has 0 spiro atoms. The van der Waals surface area contributed by atoms with Crippen LogP contribution in [0.4, 0.5) is 0 Å². The molecule has 7 nitrogen and oxygen atoms in total. The summed E-state index contributed by atoms with van der Waals surface area (Å²) >= 11 is 6.13. The number of aromatic nitrogens is 5. The average molecular weight is 429 g/mol. The summed E-state index contributed by atoms with van der Waals surface area (Å²) in [5, 5.41) is 19.3. The summed E-state index contributed by atoms with van der Waals surface area (Å²) in [4.78, 5) is 4.43. The Kier molecular flexibility index (Phi) is 5.01. The number of rotatable bonds is 6. The van der Waals surface area contributed by atoms with Gasteiger partial charge in [-0.05, 0) is 25.5 Å². The molecule has 2 atom stereocenters. The largest absolute Gasteiger partial charge is 0.360 e. The first-order valence-electron chi connectivity index (χ1n) is 9.77. The predicted molar refractivity (Wildman–Crippen MR) is 114 cm³/mol. The summed E-state index contributed by atoms with van der Waals surface area (Å²) in [7, 11) is -1.11. The van der Waals surface area contributed by atoms with E-state index in [1.165, 1.54) is 0 Å². The van der Waals surface area contributed by atoms with E-state index in [4.69, 9.17) is 21.4 Å². The van der Waals surface area contributed by atoms with Gasteiger partial charge in [-0.15, -0.1) is 0 Å². The summed E-state index contributed by atoms with van der Waals surface area (Å²) in [6.07, 6.45) is 4.34. The summed E-state index contributed by atoms with van der Waals surface area (Å²) in [6.45, 7) is 10.3. The number of fused-ring (bicyclic) bond motifs is 3. The normalized spacial score (nSPS) is 21.4. The second kappa shape index (κ2) is 7.24. The molecular weight excluding hydrogens is 404 g/mol. The molecule has 1 aliphatic rings. The molecule has 0 bridgehead atoms. The zero-order valence-electron chi connectivity index (χ0n) is 17.2. The summed E-state index contributed by atoms with van der Waals surface area (Å²) in [5.41, 5.74) is 2.93. The Morgan fingerprint density at radius 1 is 1.38 bits per heavy atom. The lowest BCUT2D eigenvalue weighted by atomic mass is 9.83. The molecule has 4 rings (SSSR count). The van der Waals surface area contributed by atoms with Crippen LogP contribution in [-0.4, -0.2) is 39.1 Å². The van der Waals surface area contributed by atoms with Crippen molar-refractivity contribution in [3.8, 4) is 6.07 Å². The SMILES string of the molecule is CC1(c2ccn(COCC[Si](C)(C)C)n2)CC(C#N)c2cnc3cc(Cl)nn3c21. The van der Waals surface area contributed by atoms with Gasteiger partial charge in [0.2, 0.25) is 0 Å². The Bertz CT molecular complexity index is 1090. The third-order valence-corrected chi connectivity index (χ3v) is 7.46. The minimum Gasteiger partial charge on any atom is -0.360 e. The lowest BCUT2D eigenvalue weighted by Crippen LogP contribution is -2.25. The average Bonchev–Trinajstić information content (AvgIpc) is 3.33. The van der Waals surface area contributed by atoms with Crippen LogP contribution in [-0.2, 0) is 16.9 Å². The van der Waals surface area contributed by atoms with E-state index in [-0.39, 0.29) is 5.92 Å². The lowest BCUT2D eigenvalue weighted by Gasteiger charge is -2.23. The van der Waals surface area contributed by atoms with Gasteiger partial charge in [0.15, 0.2) is 10.8 Å². The third kappa shape index (κ3) is 3.70. The smallest absolute Gasteiger partial charge is 0.156 e. The standard InChI is InChI=1S/C20H25ClN6OSi/c1-20(16-5-6-26(24-16)13-28-7-8-29(2,3)4)10-14(11-22)15-12-23-18-9-17(21)25-27(18)19(15)20/h5-6,9,12,14H,7-8,10,13H2,1-4H3. The van der Waals surface area contributed by atoms with Crippen LogP contribution in [0.1, 0.15) is 36.2 Å². The van der Waals surface area contributed by atoms with Crippen molar-refractivity contribution in [3.05, 3.63) is 46.6 Å². The van der Waals surface area contributed by atoms with Crippen molar-refractivity contribution in [2.75, 3.05) is 6.61 Å². The molecule has 0 saturated heterocycles. The molecule has 3 heterocycles. The minimum atomic E-state index is -1.11. The van der Waals surface area contributed by atoms with Gasteiger partial charge in [0.25, 0.3) is 0 Å². The van der Waals surface area contributed by atoms with Crippen LogP contribution in [0.3, 0.4) is 0 Å². The Hall–Kier alpha value is -2.21. The highest BCUT2D eigenvalue weighted by atomic mass is 35.5. The number of hydrogen-bond donors (Lipinski definition) is 0. The van der Waals surface area contributed by atoms with Crippen LogP contribution >= 0.6 is 11.6 Å². The zero-order valence-corrected chi connectivity index (χ0v) is 18.9. The second-order valence-corrected chi connectivity index (χ2v) is 15.1. The number of nitrogens with zero attached hydrogens (tertiary/aromatic N) is 6. The van der Waals surface area contributed by atoms with Gasteiger partial charge in [-0.25, -0.2) is 14.2 Å². The highest BCUT2D eigenvalue weighted by molar-refractivity contribution is 6.76. The van der Waals surface area contributed by atoms with Crippen molar-refractivity contribution in [2.24, 2.45) is 0 Å². The molecule has 0 fully saturated rings. The molecule has 152 valence electrons. The van der Waals surface area contributed by atoms with Gasteiger partial charge in [0.05, 0.1) is 28.8 Å². The van der Waals surface area contributed by atoms with Crippen LogP contribution in [0.25, 0.3) is 5.65 Å². The van der Waals surface area contributed by atoms with Crippen molar-refractivity contribution < 1.29 is 4.74 Å². The quantitative estimate of drug-likeness (QED) is 0.434. The molecular formula is C20H25ClN6OSi. The van der Waals surface area contributed by atoms with Gasteiger partial charge < -0.3 is 4.74 Å². The number of nitriles is 1. The van der Waals surface area contributed by atoms with E-state index in [9.17, 15) is 5.26 Å². The topological polar surface area (TPSA) is 81.0 Å². The fourth-order valence-corrected chi connectivity index (χ4v) is 4.88. The van der Waals surface area contributed by atoms with Gasteiger partial charge in [-0.3, -0.25) is 0 Å².